The van der Waals surface area contributed by atoms with Crippen LogP contribution in [0.5, 0.6) is 5.75 Å². The van der Waals surface area contributed by atoms with Crippen molar-refractivity contribution >= 4 is 17.5 Å². The van der Waals surface area contributed by atoms with Crippen LogP contribution >= 0.6 is 11.6 Å². The van der Waals surface area contributed by atoms with Crippen molar-refractivity contribution in [1.29, 1.82) is 0 Å². The molecule has 94 valence electrons. The van der Waals surface area contributed by atoms with Crippen molar-refractivity contribution in [1.82, 2.24) is 4.90 Å². The highest BCUT2D eigenvalue weighted by molar-refractivity contribution is 6.32. The number of benzene rings is 1. The molecule has 1 aliphatic carbocycles. The first kappa shape index (κ1) is 12.8. The summed E-state index contributed by atoms with van der Waals surface area (Å²) in [5.41, 5.74) is 0.453. The topological polar surface area (TPSA) is 40.5 Å². The average molecular weight is 264 g/mol. The van der Waals surface area contributed by atoms with E-state index in [1.54, 1.807) is 11.0 Å². The van der Waals surface area contributed by atoms with Gasteiger partial charge in [-0.25, -0.2) is 0 Å². The first-order chi connectivity index (χ1) is 8.61. The number of hydrogen-bond acceptors (Lipinski definition) is 2. The zero-order valence-corrected chi connectivity index (χ0v) is 10.7. The van der Waals surface area contributed by atoms with Gasteiger partial charge in [0.1, 0.15) is 5.75 Å². The molecule has 0 aromatic heterocycles. The fourth-order valence-corrected chi connectivity index (χ4v) is 1.94. The lowest BCUT2D eigenvalue weighted by atomic mass is 10.2. The molecule has 1 amide bonds. The fourth-order valence-electron chi connectivity index (χ4n) is 1.76. The lowest BCUT2D eigenvalue weighted by Gasteiger charge is -2.20. The highest BCUT2D eigenvalue weighted by Gasteiger charge is 2.27. The zero-order valence-electron chi connectivity index (χ0n) is 9.90. The quantitative estimate of drug-likeness (QED) is 0.848. The second-order valence-corrected chi connectivity index (χ2v) is 4.91. The number of hydrogen-bond donors (Lipinski definition) is 1. The maximum Gasteiger partial charge on any atom is 0.254 e. The molecule has 1 aromatic rings. The molecule has 0 saturated heterocycles. The van der Waals surface area contributed by atoms with Gasteiger partial charge in [-0.1, -0.05) is 17.5 Å². The third-order valence-electron chi connectivity index (χ3n) is 2.94. The van der Waals surface area contributed by atoms with E-state index in [4.69, 9.17) is 18.0 Å². The predicted octanol–water partition coefficient (Wildman–Crippen LogP) is 2.53. The lowest BCUT2D eigenvalue weighted by Crippen LogP contribution is -2.33. The van der Waals surface area contributed by atoms with Gasteiger partial charge < -0.3 is 10.0 Å². The Hall–Kier alpha value is -1.66. The monoisotopic (exact) mass is 263 g/mol. The van der Waals surface area contributed by atoms with Gasteiger partial charge in [0.05, 0.1) is 11.6 Å². The molecule has 1 saturated carbocycles. The van der Waals surface area contributed by atoms with E-state index < -0.39 is 0 Å². The Morgan fingerprint density at radius 2 is 2.28 bits per heavy atom. The minimum absolute atomic E-state index is 0.0288. The summed E-state index contributed by atoms with van der Waals surface area (Å²) in [6.45, 7) is 0.995. The first-order valence-corrected chi connectivity index (χ1v) is 6.21. The van der Waals surface area contributed by atoms with E-state index >= 15 is 0 Å². The van der Waals surface area contributed by atoms with Gasteiger partial charge in [0.15, 0.2) is 0 Å². The van der Waals surface area contributed by atoms with Crippen molar-refractivity contribution in [2.75, 3.05) is 13.1 Å². The van der Waals surface area contributed by atoms with Crippen molar-refractivity contribution in [2.45, 2.75) is 12.8 Å². The van der Waals surface area contributed by atoms with Crippen LogP contribution in [-0.4, -0.2) is 29.0 Å². The van der Waals surface area contributed by atoms with Gasteiger partial charge >= 0.3 is 0 Å². The number of carbonyl (C=O) groups excluding carboxylic acids is 1. The molecular formula is C14H14ClNO2. The van der Waals surface area contributed by atoms with Gasteiger partial charge in [-0.15, -0.1) is 6.42 Å². The summed E-state index contributed by atoms with van der Waals surface area (Å²) in [6.07, 6.45) is 7.60. The molecular weight excluding hydrogens is 250 g/mol. The van der Waals surface area contributed by atoms with Crippen molar-refractivity contribution in [2.24, 2.45) is 5.92 Å². The molecule has 1 N–H and O–H groups in total. The minimum Gasteiger partial charge on any atom is -0.506 e. The van der Waals surface area contributed by atoms with Gasteiger partial charge in [0.2, 0.25) is 0 Å². The van der Waals surface area contributed by atoms with Crippen LogP contribution in [0.1, 0.15) is 23.2 Å². The van der Waals surface area contributed by atoms with Crippen molar-refractivity contribution < 1.29 is 9.90 Å². The maximum atomic E-state index is 12.3. The molecule has 4 heteroatoms. The SMILES string of the molecule is C#CCN(CC1CC1)C(=O)c1ccc(O)c(Cl)c1. The van der Waals surface area contributed by atoms with E-state index in [1.165, 1.54) is 12.1 Å². The van der Waals surface area contributed by atoms with Crippen molar-refractivity contribution in [3.63, 3.8) is 0 Å². The molecule has 0 bridgehead atoms. The van der Waals surface area contributed by atoms with Gasteiger partial charge in [-0.2, -0.15) is 0 Å². The van der Waals surface area contributed by atoms with Crippen LogP contribution in [0.4, 0.5) is 0 Å². The summed E-state index contributed by atoms with van der Waals surface area (Å²) in [7, 11) is 0. The number of halogens is 1. The van der Waals surface area contributed by atoms with E-state index in [0.717, 1.165) is 12.8 Å². The van der Waals surface area contributed by atoms with Crippen LogP contribution in [0.25, 0.3) is 0 Å². The summed E-state index contributed by atoms with van der Waals surface area (Å²) in [4.78, 5) is 13.9. The molecule has 0 radical (unpaired) electrons. The Balaban J connectivity index is 2.15. The largest absolute Gasteiger partial charge is 0.506 e. The Morgan fingerprint density at radius 3 is 2.83 bits per heavy atom. The number of nitrogens with zero attached hydrogens (tertiary/aromatic N) is 1. The normalized spacial score (nSPS) is 14.0. The van der Waals surface area contributed by atoms with Crippen LogP contribution in [0.15, 0.2) is 18.2 Å². The molecule has 0 spiro atoms. The van der Waals surface area contributed by atoms with E-state index in [9.17, 15) is 9.90 Å². The van der Waals surface area contributed by atoms with E-state index in [1.807, 2.05) is 0 Å². The Kier molecular flexibility index (Phi) is 3.78. The summed E-state index contributed by atoms with van der Waals surface area (Å²) in [6, 6.07) is 4.44. The number of terminal acetylenes is 1. The summed E-state index contributed by atoms with van der Waals surface area (Å²) in [5, 5.41) is 9.51. The third kappa shape index (κ3) is 2.96. The minimum atomic E-state index is -0.137. The third-order valence-corrected chi connectivity index (χ3v) is 3.24. The maximum absolute atomic E-state index is 12.3. The van der Waals surface area contributed by atoms with Crippen LogP contribution in [0.2, 0.25) is 5.02 Å². The van der Waals surface area contributed by atoms with Gasteiger partial charge in [-0.05, 0) is 37.0 Å². The number of amides is 1. The Bertz CT molecular complexity index is 503. The Labute approximate surface area is 111 Å². The van der Waals surface area contributed by atoms with E-state index in [2.05, 4.69) is 5.92 Å². The van der Waals surface area contributed by atoms with Gasteiger partial charge in [-0.3, -0.25) is 4.79 Å². The standard InChI is InChI=1S/C14H14ClNO2/c1-2-7-16(9-10-3-4-10)14(18)11-5-6-13(17)12(15)8-11/h1,5-6,8,10,17H,3-4,7,9H2. The number of phenolic OH excluding ortho intramolecular Hbond substituents is 1. The smallest absolute Gasteiger partial charge is 0.254 e. The summed E-state index contributed by atoms with van der Waals surface area (Å²) < 4.78 is 0. The zero-order chi connectivity index (χ0) is 13.1. The highest BCUT2D eigenvalue weighted by atomic mass is 35.5. The van der Waals surface area contributed by atoms with Crippen LogP contribution in [-0.2, 0) is 0 Å². The average Bonchev–Trinajstić information content (AvgIpc) is 3.15. The van der Waals surface area contributed by atoms with E-state index in [-0.39, 0.29) is 16.7 Å². The summed E-state index contributed by atoms with van der Waals surface area (Å²) >= 11 is 5.80. The van der Waals surface area contributed by atoms with Crippen LogP contribution in [0, 0.1) is 18.3 Å². The highest BCUT2D eigenvalue weighted by Crippen LogP contribution is 2.30. The van der Waals surface area contributed by atoms with Crippen LogP contribution in [0.3, 0.4) is 0 Å². The van der Waals surface area contributed by atoms with Crippen molar-refractivity contribution in [3.8, 4) is 18.1 Å². The number of phenols is 1. The van der Waals surface area contributed by atoms with Gasteiger partial charge in [0.25, 0.3) is 5.91 Å². The molecule has 18 heavy (non-hydrogen) atoms. The van der Waals surface area contributed by atoms with E-state index in [0.29, 0.717) is 24.6 Å². The second-order valence-electron chi connectivity index (χ2n) is 4.50. The molecule has 0 heterocycles. The molecule has 1 aliphatic rings. The molecule has 1 aromatic carbocycles. The number of carbonyl (C=O) groups is 1. The second kappa shape index (κ2) is 5.32. The molecule has 0 unspecified atom stereocenters. The molecule has 3 nitrogen and oxygen atoms in total. The molecule has 1 fully saturated rings. The van der Waals surface area contributed by atoms with Crippen LogP contribution < -0.4 is 0 Å². The predicted molar refractivity (Wildman–Crippen MR) is 70.6 cm³/mol. The molecule has 0 atom stereocenters. The van der Waals surface area contributed by atoms with Gasteiger partial charge in [0, 0.05) is 12.1 Å². The Morgan fingerprint density at radius 1 is 1.56 bits per heavy atom. The number of rotatable bonds is 4. The number of aromatic hydroxyl groups is 1. The molecule has 2 rings (SSSR count). The lowest BCUT2D eigenvalue weighted by molar-refractivity contribution is 0.0770. The van der Waals surface area contributed by atoms with Crippen molar-refractivity contribution in [3.05, 3.63) is 28.8 Å². The first-order valence-electron chi connectivity index (χ1n) is 5.83. The fraction of sp³-hybridized carbons (Fsp3) is 0.357. The summed E-state index contributed by atoms with van der Waals surface area (Å²) in [5.74, 6) is 2.91. The molecule has 0 aliphatic heterocycles.